The predicted octanol–water partition coefficient (Wildman–Crippen LogP) is 2.46. The predicted molar refractivity (Wildman–Crippen MR) is 56.0 cm³/mol. The SMILES string of the molecule is C=CCN=S(C)(=O)CCCCC. The van der Waals surface area contributed by atoms with E-state index in [1.54, 1.807) is 12.3 Å². The van der Waals surface area contributed by atoms with Crippen LogP contribution < -0.4 is 0 Å². The third-order valence-electron chi connectivity index (χ3n) is 1.60. The molecule has 12 heavy (non-hydrogen) atoms. The van der Waals surface area contributed by atoms with Gasteiger partial charge in [-0.25, -0.2) is 4.36 Å². The Morgan fingerprint density at radius 3 is 2.67 bits per heavy atom. The van der Waals surface area contributed by atoms with Gasteiger partial charge in [0.15, 0.2) is 0 Å². The highest BCUT2D eigenvalue weighted by molar-refractivity contribution is 7.92. The zero-order chi connectivity index (χ0) is 9.45. The molecule has 0 aromatic heterocycles. The first-order valence-corrected chi connectivity index (χ1v) is 6.48. The fourth-order valence-corrected chi connectivity index (χ4v) is 2.18. The molecule has 1 unspecified atom stereocenters. The van der Waals surface area contributed by atoms with Crippen molar-refractivity contribution in [2.45, 2.75) is 26.2 Å². The summed E-state index contributed by atoms with van der Waals surface area (Å²) in [7, 11) is -1.91. The molecule has 0 amide bonds. The summed E-state index contributed by atoms with van der Waals surface area (Å²) in [6.07, 6.45) is 6.74. The fraction of sp³-hybridized carbons (Fsp3) is 0.778. The van der Waals surface area contributed by atoms with Crippen molar-refractivity contribution in [2.24, 2.45) is 4.36 Å². The summed E-state index contributed by atoms with van der Waals surface area (Å²) in [6, 6.07) is 0. The molecular weight excluding hydrogens is 170 g/mol. The third kappa shape index (κ3) is 6.40. The molecule has 3 heteroatoms. The summed E-state index contributed by atoms with van der Waals surface area (Å²) in [6.45, 7) is 6.19. The van der Waals surface area contributed by atoms with E-state index < -0.39 is 9.73 Å². The van der Waals surface area contributed by atoms with E-state index in [0.29, 0.717) is 6.54 Å². The molecule has 0 aromatic carbocycles. The number of nitrogens with zero attached hydrogens (tertiary/aromatic N) is 1. The van der Waals surface area contributed by atoms with Crippen LogP contribution in [-0.2, 0) is 9.73 Å². The van der Waals surface area contributed by atoms with Gasteiger partial charge in [0.1, 0.15) is 0 Å². The molecule has 72 valence electrons. The molecule has 0 saturated carbocycles. The van der Waals surface area contributed by atoms with E-state index in [-0.39, 0.29) is 0 Å². The molecule has 0 aliphatic carbocycles. The zero-order valence-electron chi connectivity index (χ0n) is 8.08. The molecule has 2 nitrogen and oxygen atoms in total. The first-order valence-electron chi connectivity index (χ1n) is 4.39. The lowest BCUT2D eigenvalue weighted by Gasteiger charge is -2.01. The van der Waals surface area contributed by atoms with Crippen LogP contribution >= 0.6 is 0 Å². The number of rotatable bonds is 6. The lowest BCUT2D eigenvalue weighted by molar-refractivity contribution is 0.672. The van der Waals surface area contributed by atoms with Crippen molar-refractivity contribution >= 4 is 9.73 Å². The van der Waals surface area contributed by atoms with Gasteiger partial charge in [0.2, 0.25) is 0 Å². The lowest BCUT2D eigenvalue weighted by Crippen LogP contribution is -2.03. The number of unbranched alkanes of at least 4 members (excludes halogenated alkanes) is 2. The van der Waals surface area contributed by atoms with Crippen molar-refractivity contribution in [3.63, 3.8) is 0 Å². The summed E-state index contributed by atoms with van der Waals surface area (Å²) in [5, 5.41) is 0. The van der Waals surface area contributed by atoms with Gasteiger partial charge in [-0.15, -0.1) is 6.58 Å². The molecule has 0 radical (unpaired) electrons. The smallest absolute Gasteiger partial charge is 0.0662 e. The largest absolute Gasteiger partial charge is 0.250 e. The highest BCUT2D eigenvalue weighted by Gasteiger charge is 1.98. The molecule has 1 atom stereocenters. The maximum atomic E-state index is 11.6. The Morgan fingerprint density at radius 2 is 2.17 bits per heavy atom. The van der Waals surface area contributed by atoms with Crippen LogP contribution in [0.1, 0.15) is 26.2 Å². The first kappa shape index (κ1) is 11.7. The summed E-state index contributed by atoms with van der Waals surface area (Å²) in [5.74, 6) is 0.731. The second-order valence-corrected chi connectivity index (χ2v) is 5.56. The molecule has 0 aliphatic rings. The van der Waals surface area contributed by atoms with Crippen molar-refractivity contribution in [1.82, 2.24) is 0 Å². The van der Waals surface area contributed by atoms with E-state index in [2.05, 4.69) is 17.9 Å². The van der Waals surface area contributed by atoms with Crippen LogP contribution in [0.2, 0.25) is 0 Å². The van der Waals surface area contributed by atoms with E-state index in [1.807, 2.05) is 0 Å². The van der Waals surface area contributed by atoms with Crippen LogP contribution in [0.4, 0.5) is 0 Å². The Balaban J connectivity index is 3.86. The van der Waals surface area contributed by atoms with Crippen molar-refractivity contribution < 1.29 is 4.21 Å². The van der Waals surface area contributed by atoms with Crippen LogP contribution in [0, 0.1) is 0 Å². The molecule has 0 heterocycles. The minimum Gasteiger partial charge on any atom is -0.250 e. The Hall–Kier alpha value is -0.310. The van der Waals surface area contributed by atoms with Crippen LogP contribution in [0.15, 0.2) is 17.0 Å². The number of hydrogen-bond donors (Lipinski definition) is 0. The molecule has 0 aromatic rings. The van der Waals surface area contributed by atoms with Gasteiger partial charge in [-0.1, -0.05) is 25.8 Å². The van der Waals surface area contributed by atoms with E-state index in [4.69, 9.17) is 0 Å². The van der Waals surface area contributed by atoms with Crippen LogP contribution in [0.5, 0.6) is 0 Å². The van der Waals surface area contributed by atoms with E-state index in [9.17, 15) is 4.21 Å². The normalized spacial score (nSPS) is 15.2. The van der Waals surface area contributed by atoms with E-state index in [0.717, 1.165) is 25.0 Å². The zero-order valence-corrected chi connectivity index (χ0v) is 8.90. The van der Waals surface area contributed by atoms with Gasteiger partial charge in [0.25, 0.3) is 0 Å². The van der Waals surface area contributed by atoms with Gasteiger partial charge in [-0.3, -0.25) is 4.21 Å². The molecule has 0 N–H and O–H groups in total. The maximum absolute atomic E-state index is 11.6. The first-order chi connectivity index (χ1) is 5.62. The van der Waals surface area contributed by atoms with Crippen molar-refractivity contribution in [1.29, 1.82) is 0 Å². The van der Waals surface area contributed by atoms with Crippen LogP contribution in [0.3, 0.4) is 0 Å². The van der Waals surface area contributed by atoms with Gasteiger partial charge < -0.3 is 0 Å². The number of hydrogen-bond acceptors (Lipinski definition) is 2. The van der Waals surface area contributed by atoms with Gasteiger partial charge in [0, 0.05) is 21.7 Å². The molecule has 0 spiro atoms. The maximum Gasteiger partial charge on any atom is 0.0662 e. The summed E-state index contributed by atoms with van der Waals surface area (Å²) < 4.78 is 15.7. The molecular formula is C9H19NOS. The Morgan fingerprint density at radius 1 is 1.50 bits per heavy atom. The summed E-state index contributed by atoms with van der Waals surface area (Å²) in [4.78, 5) is 0. The highest BCUT2D eigenvalue weighted by Crippen LogP contribution is 2.00. The van der Waals surface area contributed by atoms with Gasteiger partial charge in [0.05, 0.1) is 6.54 Å². The Kier molecular flexibility index (Phi) is 6.07. The van der Waals surface area contributed by atoms with Crippen LogP contribution in [0.25, 0.3) is 0 Å². The minimum absolute atomic E-state index is 0.515. The summed E-state index contributed by atoms with van der Waals surface area (Å²) >= 11 is 0. The van der Waals surface area contributed by atoms with E-state index >= 15 is 0 Å². The standard InChI is InChI=1S/C9H19NOS/c1-4-6-7-9-12(3,11)10-8-5-2/h5H,2,4,6-9H2,1,3H3. The Labute approximate surface area is 76.2 Å². The molecule has 0 bridgehead atoms. The van der Waals surface area contributed by atoms with Gasteiger partial charge in [-0.2, -0.15) is 0 Å². The van der Waals surface area contributed by atoms with Crippen molar-refractivity contribution in [2.75, 3.05) is 18.6 Å². The van der Waals surface area contributed by atoms with Crippen molar-refractivity contribution in [3.8, 4) is 0 Å². The molecule has 0 rings (SSSR count). The fourth-order valence-electron chi connectivity index (χ4n) is 0.895. The average molecular weight is 189 g/mol. The lowest BCUT2D eigenvalue weighted by atomic mass is 10.3. The molecule has 0 fully saturated rings. The second-order valence-electron chi connectivity index (χ2n) is 2.97. The molecule has 0 saturated heterocycles. The Bertz CT molecular complexity index is 227. The topological polar surface area (TPSA) is 29.4 Å². The van der Waals surface area contributed by atoms with E-state index in [1.165, 1.54) is 0 Å². The highest BCUT2D eigenvalue weighted by atomic mass is 32.2. The molecule has 0 aliphatic heterocycles. The van der Waals surface area contributed by atoms with Gasteiger partial charge in [-0.05, 0) is 6.42 Å². The third-order valence-corrected chi connectivity index (χ3v) is 3.34. The average Bonchev–Trinajstić information content (AvgIpc) is 2.01. The second kappa shape index (κ2) is 6.23. The van der Waals surface area contributed by atoms with Crippen LogP contribution in [-0.4, -0.2) is 22.8 Å². The summed E-state index contributed by atoms with van der Waals surface area (Å²) in [5.41, 5.74) is 0. The quantitative estimate of drug-likeness (QED) is 0.466. The van der Waals surface area contributed by atoms with Gasteiger partial charge >= 0.3 is 0 Å². The monoisotopic (exact) mass is 189 g/mol. The van der Waals surface area contributed by atoms with Crippen molar-refractivity contribution in [3.05, 3.63) is 12.7 Å². The minimum atomic E-state index is -1.91.